The molecule has 2 unspecified atom stereocenters. The summed E-state index contributed by atoms with van der Waals surface area (Å²) in [6.07, 6.45) is 1.39. The van der Waals surface area contributed by atoms with Crippen molar-refractivity contribution in [3.8, 4) is 0 Å². The number of nitrogens with two attached hydrogens (primary N) is 1. The van der Waals surface area contributed by atoms with Crippen LogP contribution in [0.5, 0.6) is 0 Å². The fourth-order valence-electron chi connectivity index (χ4n) is 1.88. The summed E-state index contributed by atoms with van der Waals surface area (Å²) in [6.45, 7) is 1.81. The van der Waals surface area contributed by atoms with E-state index in [9.17, 15) is 4.79 Å². The van der Waals surface area contributed by atoms with Crippen molar-refractivity contribution in [3.05, 3.63) is 48.0 Å². The Bertz CT molecular complexity index is 584. The van der Waals surface area contributed by atoms with Gasteiger partial charge in [0.25, 0.3) is 0 Å². The molecule has 0 aliphatic carbocycles. The van der Waals surface area contributed by atoms with Crippen molar-refractivity contribution < 1.29 is 4.79 Å². The maximum Gasteiger partial charge on any atom is 0.234 e. The molecule has 4 N–H and O–H groups in total. The van der Waals surface area contributed by atoms with Crippen molar-refractivity contribution in [1.82, 2.24) is 20.5 Å². The van der Waals surface area contributed by atoms with Crippen molar-refractivity contribution in [1.29, 1.82) is 0 Å². The number of carbonyl (C=O) groups excluding carboxylic acids is 1. The molecule has 104 valence electrons. The first-order valence-corrected chi connectivity index (χ1v) is 6.50. The lowest BCUT2D eigenvalue weighted by Crippen LogP contribution is -2.37. The molecule has 20 heavy (non-hydrogen) atoms. The number of aromatic nitrogens is 3. The number of nitrogens with one attached hydrogen (secondary N) is 2. The summed E-state index contributed by atoms with van der Waals surface area (Å²) in [6, 6.07) is 8.90. The van der Waals surface area contributed by atoms with E-state index in [-0.39, 0.29) is 16.9 Å². The van der Waals surface area contributed by atoms with Gasteiger partial charge < -0.3 is 11.1 Å². The number of carbonyl (C=O) groups is 1. The molecule has 1 amide bonds. The lowest BCUT2D eigenvalue weighted by atomic mass is 9.98. The quantitative estimate of drug-likeness (QED) is 0.715. The number of nitrogens with zero attached hydrogens (tertiary/aromatic N) is 2. The highest BCUT2D eigenvalue weighted by molar-refractivity contribution is 7.80. The van der Waals surface area contributed by atoms with Crippen LogP contribution in [0.4, 0.5) is 0 Å². The highest BCUT2D eigenvalue weighted by Gasteiger charge is 2.25. The SMILES string of the molecule is CC(NC(=O)C(C(N)=S)c1ccccc1)c1ncn[nH]1. The summed E-state index contributed by atoms with van der Waals surface area (Å²) in [4.78, 5) is 16.5. The molecule has 0 fully saturated rings. The number of H-pyrrole nitrogens is 1. The molecular formula is C13H15N5OS. The minimum Gasteiger partial charge on any atom is -0.392 e. The second kappa shape index (κ2) is 6.25. The Morgan fingerprint density at radius 1 is 1.40 bits per heavy atom. The average Bonchev–Trinajstić information content (AvgIpc) is 2.93. The zero-order chi connectivity index (χ0) is 14.5. The molecule has 2 aromatic rings. The monoisotopic (exact) mass is 289 g/mol. The van der Waals surface area contributed by atoms with Crippen LogP contribution < -0.4 is 11.1 Å². The van der Waals surface area contributed by atoms with E-state index in [0.717, 1.165) is 5.56 Å². The molecule has 6 nitrogen and oxygen atoms in total. The van der Waals surface area contributed by atoms with Gasteiger partial charge in [-0.1, -0.05) is 42.5 Å². The van der Waals surface area contributed by atoms with Crippen LogP contribution in [0, 0.1) is 0 Å². The van der Waals surface area contributed by atoms with Gasteiger partial charge in [0.05, 0.1) is 11.0 Å². The summed E-state index contributed by atoms with van der Waals surface area (Å²) in [5, 5.41) is 9.28. The zero-order valence-electron chi connectivity index (χ0n) is 10.9. The zero-order valence-corrected chi connectivity index (χ0v) is 11.7. The van der Waals surface area contributed by atoms with Crippen LogP contribution in [0.25, 0.3) is 0 Å². The van der Waals surface area contributed by atoms with Gasteiger partial charge in [-0.25, -0.2) is 4.98 Å². The fourth-order valence-corrected chi connectivity index (χ4v) is 2.12. The van der Waals surface area contributed by atoms with Gasteiger partial charge in [-0.3, -0.25) is 9.89 Å². The normalized spacial score (nSPS) is 13.4. The van der Waals surface area contributed by atoms with E-state index in [4.69, 9.17) is 18.0 Å². The molecule has 7 heteroatoms. The minimum atomic E-state index is -0.656. The number of hydrogen-bond donors (Lipinski definition) is 3. The average molecular weight is 289 g/mol. The van der Waals surface area contributed by atoms with Crippen molar-refractivity contribution in [2.75, 3.05) is 0 Å². The first-order chi connectivity index (χ1) is 9.59. The number of amides is 1. The highest BCUT2D eigenvalue weighted by atomic mass is 32.1. The Morgan fingerprint density at radius 2 is 2.10 bits per heavy atom. The summed E-state index contributed by atoms with van der Waals surface area (Å²) < 4.78 is 0. The largest absolute Gasteiger partial charge is 0.392 e. The minimum absolute atomic E-state index is 0.137. The molecule has 0 radical (unpaired) electrons. The van der Waals surface area contributed by atoms with E-state index in [1.165, 1.54) is 6.33 Å². The van der Waals surface area contributed by atoms with Crippen LogP contribution in [-0.4, -0.2) is 26.1 Å². The number of rotatable bonds is 5. The van der Waals surface area contributed by atoms with Gasteiger partial charge >= 0.3 is 0 Å². The predicted molar refractivity (Wildman–Crippen MR) is 78.9 cm³/mol. The Labute approximate surface area is 121 Å². The van der Waals surface area contributed by atoms with Gasteiger partial charge in [0, 0.05) is 0 Å². The maximum atomic E-state index is 12.4. The van der Waals surface area contributed by atoms with Gasteiger partial charge in [-0.05, 0) is 12.5 Å². The lowest BCUT2D eigenvalue weighted by molar-refractivity contribution is -0.121. The summed E-state index contributed by atoms with van der Waals surface area (Å²) in [5.41, 5.74) is 6.46. The maximum absolute atomic E-state index is 12.4. The Balaban J connectivity index is 2.14. The summed E-state index contributed by atoms with van der Waals surface area (Å²) >= 11 is 5.01. The summed E-state index contributed by atoms with van der Waals surface area (Å²) in [5.74, 6) is -0.336. The first kappa shape index (κ1) is 14.1. The van der Waals surface area contributed by atoms with E-state index in [1.807, 2.05) is 30.3 Å². The highest BCUT2D eigenvalue weighted by Crippen LogP contribution is 2.18. The molecule has 1 aromatic heterocycles. The van der Waals surface area contributed by atoms with Crippen molar-refractivity contribution in [2.45, 2.75) is 18.9 Å². The molecule has 0 bridgehead atoms. The standard InChI is InChI=1S/C13H15N5OS/c1-8(12-15-7-16-18-12)17-13(19)10(11(14)20)9-5-3-2-4-6-9/h2-8,10H,1H3,(H2,14,20)(H,17,19)(H,15,16,18). The number of thiocarbonyl (C=S) groups is 1. The molecule has 0 saturated heterocycles. The molecule has 0 aliphatic rings. The molecule has 1 aromatic carbocycles. The molecule has 0 spiro atoms. The second-order valence-corrected chi connectivity index (χ2v) is 4.82. The van der Waals surface area contributed by atoms with Crippen molar-refractivity contribution in [2.24, 2.45) is 5.73 Å². The topological polar surface area (TPSA) is 96.7 Å². The van der Waals surface area contributed by atoms with E-state index in [2.05, 4.69) is 20.5 Å². The smallest absolute Gasteiger partial charge is 0.234 e. The third kappa shape index (κ3) is 3.18. The van der Waals surface area contributed by atoms with Gasteiger partial charge in [-0.15, -0.1) is 0 Å². The van der Waals surface area contributed by atoms with Crippen LogP contribution in [0.3, 0.4) is 0 Å². The van der Waals surface area contributed by atoms with Crippen LogP contribution >= 0.6 is 12.2 Å². The van der Waals surface area contributed by atoms with E-state index in [1.54, 1.807) is 6.92 Å². The lowest BCUT2D eigenvalue weighted by Gasteiger charge is -2.18. The number of hydrogen-bond acceptors (Lipinski definition) is 4. The molecule has 0 saturated carbocycles. The van der Waals surface area contributed by atoms with Gasteiger partial charge in [0.15, 0.2) is 0 Å². The molecular weight excluding hydrogens is 274 g/mol. The predicted octanol–water partition coefficient (Wildman–Crippen LogP) is 1.05. The first-order valence-electron chi connectivity index (χ1n) is 6.09. The number of benzene rings is 1. The van der Waals surface area contributed by atoms with Gasteiger partial charge in [0.2, 0.25) is 5.91 Å². The van der Waals surface area contributed by atoms with Gasteiger partial charge in [-0.2, -0.15) is 5.10 Å². The Hall–Kier alpha value is -2.28. The fraction of sp³-hybridized carbons (Fsp3) is 0.231. The van der Waals surface area contributed by atoms with Crippen LogP contribution in [-0.2, 0) is 4.79 Å². The third-order valence-corrected chi connectivity index (χ3v) is 3.12. The van der Waals surface area contributed by atoms with Crippen LogP contribution in [0.1, 0.15) is 30.3 Å². The van der Waals surface area contributed by atoms with Crippen LogP contribution in [0.15, 0.2) is 36.7 Å². The Morgan fingerprint density at radius 3 is 2.65 bits per heavy atom. The summed E-state index contributed by atoms with van der Waals surface area (Å²) in [7, 11) is 0. The third-order valence-electron chi connectivity index (χ3n) is 2.88. The van der Waals surface area contributed by atoms with Crippen molar-refractivity contribution >= 4 is 23.1 Å². The Kier molecular flexibility index (Phi) is 4.41. The molecule has 1 heterocycles. The van der Waals surface area contributed by atoms with E-state index < -0.39 is 5.92 Å². The molecule has 2 atom stereocenters. The van der Waals surface area contributed by atoms with Crippen molar-refractivity contribution in [3.63, 3.8) is 0 Å². The molecule has 2 rings (SSSR count). The van der Waals surface area contributed by atoms with E-state index >= 15 is 0 Å². The number of aromatic amines is 1. The van der Waals surface area contributed by atoms with Gasteiger partial charge in [0.1, 0.15) is 18.1 Å². The molecule has 0 aliphatic heterocycles. The van der Waals surface area contributed by atoms with E-state index in [0.29, 0.717) is 5.82 Å². The second-order valence-electron chi connectivity index (χ2n) is 4.35. The van der Waals surface area contributed by atoms with Crippen LogP contribution in [0.2, 0.25) is 0 Å².